The molecule has 0 atom stereocenters. The number of nitrogens with zero attached hydrogens (tertiary/aromatic N) is 3. The van der Waals surface area contributed by atoms with Crippen LogP contribution in [0.25, 0.3) is 11.0 Å². The van der Waals surface area contributed by atoms with Gasteiger partial charge in [0.1, 0.15) is 5.82 Å². The SMILES string of the molecule is Cn1c(CNC(=O)c2ccc(Cl)cc2N2CCCC2=O)nc2ccccc21. The van der Waals surface area contributed by atoms with Crippen molar-refractivity contribution < 1.29 is 9.59 Å². The predicted octanol–water partition coefficient (Wildman–Crippen LogP) is 3.28. The molecule has 1 fully saturated rings. The molecular weight excluding hydrogens is 364 g/mol. The van der Waals surface area contributed by atoms with Gasteiger partial charge in [-0.1, -0.05) is 23.7 Å². The van der Waals surface area contributed by atoms with Crippen LogP contribution in [-0.4, -0.2) is 27.9 Å². The number of aryl methyl sites for hydroxylation is 1. The molecule has 2 heterocycles. The fraction of sp³-hybridized carbons (Fsp3) is 0.250. The Morgan fingerprint density at radius 1 is 1.26 bits per heavy atom. The summed E-state index contributed by atoms with van der Waals surface area (Å²) in [5.74, 6) is 0.521. The van der Waals surface area contributed by atoms with Crippen molar-refractivity contribution in [1.29, 1.82) is 0 Å². The minimum absolute atomic E-state index is 0.0154. The normalized spacial score (nSPS) is 14.1. The minimum atomic E-state index is -0.256. The number of rotatable bonds is 4. The molecule has 1 aliphatic rings. The fourth-order valence-corrected chi connectivity index (χ4v) is 3.60. The summed E-state index contributed by atoms with van der Waals surface area (Å²) < 4.78 is 1.96. The highest BCUT2D eigenvalue weighted by Crippen LogP contribution is 2.28. The Hall–Kier alpha value is -2.86. The van der Waals surface area contributed by atoms with Crippen molar-refractivity contribution in [3.63, 3.8) is 0 Å². The molecule has 1 aromatic heterocycles. The van der Waals surface area contributed by atoms with Crippen molar-refractivity contribution in [2.24, 2.45) is 7.05 Å². The van der Waals surface area contributed by atoms with Gasteiger partial charge in [-0.2, -0.15) is 0 Å². The van der Waals surface area contributed by atoms with Crippen molar-refractivity contribution in [1.82, 2.24) is 14.9 Å². The van der Waals surface area contributed by atoms with Gasteiger partial charge < -0.3 is 14.8 Å². The number of aromatic nitrogens is 2. The molecule has 0 bridgehead atoms. The van der Waals surface area contributed by atoms with E-state index in [0.29, 0.717) is 35.8 Å². The third kappa shape index (κ3) is 3.28. The first-order valence-electron chi connectivity index (χ1n) is 8.83. The number of anilines is 1. The van der Waals surface area contributed by atoms with Crippen LogP contribution in [0.2, 0.25) is 5.02 Å². The van der Waals surface area contributed by atoms with Gasteiger partial charge in [0, 0.05) is 25.0 Å². The summed E-state index contributed by atoms with van der Waals surface area (Å²) >= 11 is 6.10. The van der Waals surface area contributed by atoms with Crippen LogP contribution < -0.4 is 10.2 Å². The Bertz CT molecular complexity index is 1040. The number of halogens is 1. The van der Waals surface area contributed by atoms with Gasteiger partial charge in [-0.15, -0.1) is 0 Å². The largest absolute Gasteiger partial charge is 0.345 e. The molecule has 27 heavy (non-hydrogen) atoms. The highest BCUT2D eigenvalue weighted by Gasteiger charge is 2.26. The third-order valence-electron chi connectivity index (χ3n) is 4.86. The number of imidazole rings is 1. The molecular formula is C20H19ClN4O2. The molecule has 0 aliphatic carbocycles. The van der Waals surface area contributed by atoms with Gasteiger partial charge >= 0.3 is 0 Å². The maximum absolute atomic E-state index is 12.8. The van der Waals surface area contributed by atoms with Crippen LogP contribution >= 0.6 is 11.6 Å². The molecule has 4 rings (SSSR count). The van der Waals surface area contributed by atoms with E-state index in [4.69, 9.17) is 11.6 Å². The number of hydrogen-bond donors (Lipinski definition) is 1. The number of carbonyl (C=O) groups excluding carboxylic acids is 2. The van der Waals surface area contributed by atoms with Crippen molar-refractivity contribution >= 4 is 40.1 Å². The summed E-state index contributed by atoms with van der Waals surface area (Å²) in [5, 5.41) is 3.41. The number of amides is 2. The summed E-state index contributed by atoms with van der Waals surface area (Å²) in [5.41, 5.74) is 2.90. The summed E-state index contributed by atoms with van der Waals surface area (Å²) in [6, 6.07) is 12.8. The van der Waals surface area contributed by atoms with Gasteiger partial charge in [0.25, 0.3) is 5.91 Å². The van der Waals surface area contributed by atoms with Crippen LogP contribution in [0.1, 0.15) is 29.0 Å². The van der Waals surface area contributed by atoms with Gasteiger partial charge in [-0.3, -0.25) is 9.59 Å². The zero-order valence-corrected chi connectivity index (χ0v) is 15.7. The lowest BCUT2D eigenvalue weighted by Gasteiger charge is -2.19. The molecule has 0 radical (unpaired) electrons. The third-order valence-corrected chi connectivity index (χ3v) is 5.09. The number of nitrogens with one attached hydrogen (secondary N) is 1. The topological polar surface area (TPSA) is 67.2 Å². The summed E-state index contributed by atoms with van der Waals surface area (Å²) in [6.07, 6.45) is 1.28. The Morgan fingerprint density at radius 3 is 2.81 bits per heavy atom. The Kier molecular flexibility index (Phi) is 4.58. The fourth-order valence-electron chi connectivity index (χ4n) is 3.43. The standard InChI is InChI=1S/C20H19ClN4O2/c1-24-16-6-3-2-5-15(16)23-18(24)12-22-20(27)14-9-8-13(21)11-17(14)25-10-4-7-19(25)26/h2-3,5-6,8-9,11H,4,7,10,12H2,1H3,(H,22,27). The van der Waals surface area contributed by atoms with E-state index in [1.165, 1.54) is 0 Å². The second kappa shape index (κ2) is 7.04. The smallest absolute Gasteiger partial charge is 0.253 e. The monoisotopic (exact) mass is 382 g/mol. The summed E-state index contributed by atoms with van der Waals surface area (Å²) in [7, 11) is 1.92. The molecule has 2 amide bonds. The van der Waals surface area contributed by atoms with Crippen LogP contribution in [0.15, 0.2) is 42.5 Å². The highest BCUT2D eigenvalue weighted by molar-refractivity contribution is 6.31. The zero-order valence-electron chi connectivity index (χ0n) is 14.9. The van der Waals surface area contributed by atoms with Crippen molar-refractivity contribution in [3.8, 4) is 0 Å². The second-order valence-corrected chi connectivity index (χ2v) is 7.01. The molecule has 0 unspecified atom stereocenters. The van der Waals surface area contributed by atoms with Gasteiger partial charge in [-0.05, 0) is 36.8 Å². The lowest BCUT2D eigenvalue weighted by atomic mass is 10.1. The van der Waals surface area contributed by atoms with E-state index in [1.807, 2.05) is 35.9 Å². The molecule has 0 spiro atoms. The maximum Gasteiger partial charge on any atom is 0.253 e. The second-order valence-electron chi connectivity index (χ2n) is 6.57. The number of benzene rings is 2. The zero-order chi connectivity index (χ0) is 19.0. The number of hydrogen-bond acceptors (Lipinski definition) is 3. The van der Waals surface area contributed by atoms with Crippen LogP contribution in [0.3, 0.4) is 0 Å². The highest BCUT2D eigenvalue weighted by atomic mass is 35.5. The van der Waals surface area contributed by atoms with Crippen molar-refractivity contribution in [2.75, 3.05) is 11.4 Å². The van der Waals surface area contributed by atoms with E-state index in [9.17, 15) is 9.59 Å². The van der Waals surface area contributed by atoms with Crippen LogP contribution in [0.5, 0.6) is 0 Å². The van der Waals surface area contributed by atoms with E-state index in [0.717, 1.165) is 23.3 Å². The Morgan fingerprint density at radius 2 is 2.07 bits per heavy atom. The van der Waals surface area contributed by atoms with Crippen LogP contribution in [0.4, 0.5) is 5.69 Å². The van der Waals surface area contributed by atoms with E-state index in [1.54, 1.807) is 23.1 Å². The molecule has 1 saturated heterocycles. The van der Waals surface area contributed by atoms with Crippen molar-refractivity contribution in [2.45, 2.75) is 19.4 Å². The number of carbonyl (C=O) groups is 2. The van der Waals surface area contributed by atoms with Gasteiger partial charge in [0.15, 0.2) is 0 Å². The quantitative estimate of drug-likeness (QED) is 0.753. The molecule has 6 nitrogen and oxygen atoms in total. The average molecular weight is 383 g/mol. The van der Waals surface area contributed by atoms with E-state index >= 15 is 0 Å². The molecule has 1 N–H and O–H groups in total. The van der Waals surface area contributed by atoms with E-state index in [2.05, 4.69) is 10.3 Å². The van der Waals surface area contributed by atoms with Gasteiger partial charge in [0.2, 0.25) is 5.91 Å². The first kappa shape index (κ1) is 17.5. The lowest BCUT2D eigenvalue weighted by Crippen LogP contribution is -2.30. The van der Waals surface area contributed by atoms with Crippen LogP contribution in [0, 0.1) is 0 Å². The Labute approximate surface area is 161 Å². The molecule has 0 saturated carbocycles. The Balaban J connectivity index is 1.58. The summed E-state index contributed by atoms with van der Waals surface area (Å²) in [6.45, 7) is 0.893. The number of fused-ring (bicyclic) bond motifs is 1. The summed E-state index contributed by atoms with van der Waals surface area (Å²) in [4.78, 5) is 31.1. The van der Waals surface area contributed by atoms with Gasteiger partial charge in [0.05, 0.1) is 28.8 Å². The lowest BCUT2D eigenvalue weighted by molar-refractivity contribution is -0.117. The van der Waals surface area contributed by atoms with Crippen LogP contribution in [-0.2, 0) is 18.4 Å². The first-order chi connectivity index (χ1) is 13.0. The molecule has 2 aromatic carbocycles. The first-order valence-corrected chi connectivity index (χ1v) is 9.21. The maximum atomic E-state index is 12.8. The average Bonchev–Trinajstić information content (AvgIpc) is 3.23. The molecule has 7 heteroatoms. The van der Waals surface area contributed by atoms with Gasteiger partial charge in [-0.25, -0.2) is 4.98 Å². The molecule has 1 aliphatic heterocycles. The molecule has 3 aromatic rings. The van der Waals surface area contributed by atoms with Crippen molar-refractivity contribution in [3.05, 3.63) is 58.9 Å². The number of para-hydroxylation sites is 2. The minimum Gasteiger partial charge on any atom is -0.345 e. The predicted molar refractivity (Wildman–Crippen MR) is 105 cm³/mol. The molecule has 138 valence electrons. The van der Waals surface area contributed by atoms with E-state index < -0.39 is 0 Å². The van der Waals surface area contributed by atoms with E-state index in [-0.39, 0.29) is 11.8 Å².